The van der Waals surface area contributed by atoms with Crippen molar-refractivity contribution in [3.05, 3.63) is 52.5 Å². The Morgan fingerprint density at radius 1 is 1.08 bits per heavy atom. The predicted octanol–water partition coefficient (Wildman–Crippen LogP) is 3.66. The second-order valence-electron chi connectivity index (χ2n) is 4.76. The number of aromatic amines is 1. The van der Waals surface area contributed by atoms with Gasteiger partial charge in [0.1, 0.15) is 5.69 Å². The largest absolute Gasteiger partial charge is 0.433 e. The lowest BCUT2D eigenvalue weighted by Crippen LogP contribution is -2.08. The monoisotopic (exact) mass is 398 g/mol. The first-order valence-electron chi connectivity index (χ1n) is 6.73. The lowest BCUT2D eigenvalue weighted by atomic mass is 10.2. The molecule has 124 valence electrons. The highest BCUT2D eigenvalue weighted by molar-refractivity contribution is 9.10. The Hall–Kier alpha value is -2.49. The van der Waals surface area contributed by atoms with Crippen LogP contribution < -0.4 is 5.32 Å². The molecule has 0 aliphatic carbocycles. The molecule has 2 N–H and O–H groups in total. The highest BCUT2D eigenvalue weighted by Gasteiger charge is 2.32. The molecular weight excluding hydrogens is 389 g/mol. The van der Waals surface area contributed by atoms with Crippen LogP contribution in [0.1, 0.15) is 11.3 Å². The molecule has 0 aromatic carbocycles. The molecule has 0 saturated heterocycles. The third kappa shape index (κ3) is 3.88. The molecule has 3 aromatic rings. The van der Waals surface area contributed by atoms with Gasteiger partial charge in [-0.3, -0.25) is 4.98 Å². The number of nitrogens with zero attached hydrogens (tertiary/aromatic N) is 4. The first-order valence-corrected chi connectivity index (χ1v) is 7.52. The molecule has 0 aliphatic heterocycles. The maximum atomic E-state index is 12.7. The molecule has 24 heavy (non-hydrogen) atoms. The highest BCUT2D eigenvalue weighted by Crippen LogP contribution is 2.29. The normalized spacial score (nSPS) is 11.5. The molecule has 0 atom stereocenters. The number of rotatable bonds is 4. The van der Waals surface area contributed by atoms with Gasteiger partial charge in [0, 0.05) is 12.7 Å². The second-order valence-corrected chi connectivity index (χ2v) is 5.47. The fraction of sp³-hybridized carbons (Fsp3) is 0.143. The van der Waals surface area contributed by atoms with Gasteiger partial charge in [0.15, 0.2) is 0 Å². The zero-order valence-corrected chi connectivity index (χ0v) is 13.6. The summed E-state index contributed by atoms with van der Waals surface area (Å²) in [5.74, 6) is 0.491. The Morgan fingerprint density at radius 2 is 1.92 bits per heavy atom. The molecule has 0 spiro atoms. The van der Waals surface area contributed by atoms with Gasteiger partial charge >= 0.3 is 6.18 Å². The van der Waals surface area contributed by atoms with Crippen molar-refractivity contribution >= 4 is 21.9 Å². The number of hydrogen-bond acceptors (Lipinski definition) is 5. The van der Waals surface area contributed by atoms with Crippen molar-refractivity contribution < 1.29 is 13.2 Å². The van der Waals surface area contributed by atoms with Crippen molar-refractivity contribution in [1.29, 1.82) is 0 Å². The Bertz CT molecular complexity index is 831. The summed E-state index contributed by atoms with van der Waals surface area (Å²) in [7, 11) is 0. The maximum absolute atomic E-state index is 12.7. The number of alkyl halides is 3. The smallest absolute Gasteiger partial charge is 0.350 e. The summed E-state index contributed by atoms with van der Waals surface area (Å²) < 4.78 is 38.5. The topological polar surface area (TPSA) is 79.4 Å². The first-order chi connectivity index (χ1) is 11.4. The van der Waals surface area contributed by atoms with E-state index in [4.69, 9.17) is 0 Å². The molecule has 3 rings (SSSR count). The van der Waals surface area contributed by atoms with Crippen molar-refractivity contribution in [2.45, 2.75) is 12.7 Å². The lowest BCUT2D eigenvalue weighted by molar-refractivity contribution is -0.141. The lowest BCUT2D eigenvalue weighted by Gasteiger charge is -2.08. The molecule has 0 saturated carbocycles. The third-order valence-corrected chi connectivity index (χ3v) is 3.40. The number of H-pyrrole nitrogens is 1. The molecule has 3 heterocycles. The van der Waals surface area contributed by atoms with E-state index in [1.807, 2.05) is 0 Å². The number of halogens is 4. The Labute approximate surface area is 142 Å². The average Bonchev–Trinajstić information content (AvgIpc) is 2.98. The zero-order chi connectivity index (χ0) is 17.2. The standard InChI is InChI=1S/C14H10BrF3N6/c15-12-22-13(24-23-12)20-7-8-4-5-9(19-6-8)10-2-1-3-11(21-10)14(16,17)18/h1-6H,7H2,(H2,20,22,23,24). The summed E-state index contributed by atoms with van der Waals surface area (Å²) in [5.41, 5.74) is 0.428. The van der Waals surface area contributed by atoms with Gasteiger partial charge in [0.25, 0.3) is 0 Å². The predicted molar refractivity (Wildman–Crippen MR) is 83.9 cm³/mol. The zero-order valence-electron chi connectivity index (χ0n) is 12.0. The summed E-state index contributed by atoms with van der Waals surface area (Å²) in [6.07, 6.45) is -2.92. The summed E-state index contributed by atoms with van der Waals surface area (Å²) in [4.78, 5) is 11.8. The van der Waals surface area contributed by atoms with Crippen LogP contribution in [0.3, 0.4) is 0 Å². The van der Waals surface area contributed by atoms with Gasteiger partial charge in [0.05, 0.1) is 11.4 Å². The van der Waals surface area contributed by atoms with Gasteiger partial charge < -0.3 is 5.32 Å². The van der Waals surface area contributed by atoms with E-state index in [2.05, 4.69) is 46.4 Å². The number of nitrogens with one attached hydrogen (secondary N) is 2. The number of pyridine rings is 2. The minimum absolute atomic E-state index is 0.170. The van der Waals surface area contributed by atoms with Crippen LogP contribution in [-0.4, -0.2) is 25.1 Å². The van der Waals surface area contributed by atoms with Crippen LogP contribution in [0.4, 0.5) is 19.1 Å². The molecule has 0 unspecified atom stereocenters. The van der Waals surface area contributed by atoms with Crippen LogP contribution in [0, 0.1) is 0 Å². The van der Waals surface area contributed by atoms with E-state index in [0.29, 0.717) is 22.9 Å². The minimum atomic E-state index is -4.48. The maximum Gasteiger partial charge on any atom is 0.433 e. The first kappa shape index (κ1) is 16.4. The Balaban J connectivity index is 1.72. The number of hydrogen-bond donors (Lipinski definition) is 2. The molecule has 6 nitrogen and oxygen atoms in total. The molecular formula is C14H10BrF3N6. The molecule has 0 aliphatic rings. The fourth-order valence-electron chi connectivity index (χ4n) is 1.92. The summed E-state index contributed by atoms with van der Waals surface area (Å²) in [5, 5.41) is 9.50. The summed E-state index contributed by atoms with van der Waals surface area (Å²) >= 11 is 3.12. The van der Waals surface area contributed by atoms with E-state index >= 15 is 0 Å². The van der Waals surface area contributed by atoms with Gasteiger partial charge in [-0.2, -0.15) is 18.2 Å². The van der Waals surface area contributed by atoms with Crippen LogP contribution >= 0.6 is 15.9 Å². The molecule has 0 amide bonds. The Kier molecular flexibility index (Phi) is 4.47. The van der Waals surface area contributed by atoms with E-state index < -0.39 is 11.9 Å². The van der Waals surface area contributed by atoms with Crippen molar-refractivity contribution in [3.63, 3.8) is 0 Å². The third-order valence-electron chi connectivity index (χ3n) is 3.04. The van der Waals surface area contributed by atoms with Crippen LogP contribution in [0.2, 0.25) is 0 Å². The SMILES string of the molecule is FC(F)(F)c1cccc(-c2ccc(CNc3nc(Br)n[nH]3)cn2)n1. The van der Waals surface area contributed by atoms with Crippen LogP contribution in [0.15, 0.2) is 41.3 Å². The van der Waals surface area contributed by atoms with Gasteiger partial charge in [-0.05, 0) is 39.7 Å². The second kappa shape index (κ2) is 6.56. The van der Waals surface area contributed by atoms with Crippen LogP contribution in [-0.2, 0) is 12.7 Å². The van der Waals surface area contributed by atoms with Gasteiger partial charge in [-0.25, -0.2) is 10.1 Å². The van der Waals surface area contributed by atoms with Crippen molar-refractivity contribution in [2.75, 3.05) is 5.32 Å². The molecule has 0 fully saturated rings. The van der Waals surface area contributed by atoms with E-state index in [-0.39, 0.29) is 5.69 Å². The van der Waals surface area contributed by atoms with Crippen molar-refractivity contribution in [3.8, 4) is 11.4 Å². The highest BCUT2D eigenvalue weighted by atomic mass is 79.9. The molecule has 3 aromatic heterocycles. The van der Waals surface area contributed by atoms with E-state index in [1.54, 1.807) is 18.3 Å². The quantitative estimate of drug-likeness (QED) is 0.700. The summed E-state index contributed by atoms with van der Waals surface area (Å²) in [6.45, 7) is 0.435. The number of aromatic nitrogens is 5. The van der Waals surface area contributed by atoms with Gasteiger partial charge in [-0.1, -0.05) is 12.1 Å². The fourth-order valence-corrected chi connectivity index (χ4v) is 2.19. The van der Waals surface area contributed by atoms with Crippen molar-refractivity contribution in [2.24, 2.45) is 0 Å². The molecule has 0 radical (unpaired) electrons. The van der Waals surface area contributed by atoms with Crippen LogP contribution in [0.5, 0.6) is 0 Å². The van der Waals surface area contributed by atoms with E-state index in [9.17, 15) is 13.2 Å². The minimum Gasteiger partial charge on any atom is -0.350 e. The van der Waals surface area contributed by atoms with E-state index in [0.717, 1.165) is 11.6 Å². The van der Waals surface area contributed by atoms with Crippen LogP contribution in [0.25, 0.3) is 11.4 Å². The molecule has 0 bridgehead atoms. The molecule has 10 heteroatoms. The Morgan fingerprint density at radius 3 is 2.54 bits per heavy atom. The van der Waals surface area contributed by atoms with Gasteiger partial charge in [-0.15, -0.1) is 5.10 Å². The average molecular weight is 399 g/mol. The summed E-state index contributed by atoms with van der Waals surface area (Å²) in [6, 6.07) is 7.10. The van der Waals surface area contributed by atoms with Crippen molar-refractivity contribution in [1.82, 2.24) is 25.1 Å². The number of anilines is 1. The van der Waals surface area contributed by atoms with E-state index in [1.165, 1.54) is 12.1 Å². The van der Waals surface area contributed by atoms with Gasteiger partial charge in [0.2, 0.25) is 10.7 Å².